The fraction of sp³-hybridized carbons (Fsp3) is 0.467. The highest BCUT2D eigenvalue weighted by molar-refractivity contribution is 7.91. The van der Waals surface area contributed by atoms with Gasteiger partial charge in [-0.1, -0.05) is 26.0 Å². The van der Waals surface area contributed by atoms with E-state index in [1.54, 1.807) is 6.07 Å². The molecule has 7 heteroatoms. The Labute approximate surface area is 130 Å². The van der Waals surface area contributed by atoms with Gasteiger partial charge in [-0.2, -0.15) is 0 Å². The SMILES string of the molecule is CC[C@H](C)NC(=O)COC(=O)c1ccccc1S(=O)(=O)CC. The maximum absolute atomic E-state index is 12.0. The van der Waals surface area contributed by atoms with E-state index < -0.39 is 28.3 Å². The van der Waals surface area contributed by atoms with Crippen molar-refractivity contribution in [3.05, 3.63) is 29.8 Å². The van der Waals surface area contributed by atoms with Crippen LogP contribution in [0.4, 0.5) is 0 Å². The Kier molecular flexibility index (Phi) is 6.55. The Morgan fingerprint density at radius 3 is 2.45 bits per heavy atom. The Morgan fingerprint density at radius 1 is 1.23 bits per heavy atom. The summed E-state index contributed by atoms with van der Waals surface area (Å²) in [5.74, 6) is -1.36. The van der Waals surface area contributed by atoms with Crippen molar-refractivity contribution in [2.24, 2.45) is 0 Å². The first kappa shape index (κ1) is 18.2. The predicted octanol–water partition coefficient (Wildman–Crippen LogP) is 1.55. The second kappa shape index (κ2) is 7.93. The summed E-state index contributed by atoms with van der Waals surface area (Å²) in [4.78, 5) is 23.5. The van der Waals surface area contributed by atoms with Crippen LogP contribution in [0.15, 0.2) is 29.2 Å². The minimum atomic E-state index is -3.54. The summed E-state index contributed by atoms with van der Waals surface area (Å²) in [5, 5.41) is 2.66. The Bertz CT molecular complexity index is 639. The average Bonchev–Trinajstić information content (AvgIpc) is 2.52. The summed E-state index contributed by atoms with van der Waals surface area (Å²) < 4.78 is 28.8. The number of nitrogens with one attached hydrogen (secondary N) is 1. The van der Waals surface area contributed by atoms with Gasteiger partial charge in [0.1, 0.15) is 0 Å². The second-order valence-corrected chi connectivity index (χ2v) is 7.10. The van der Waals surface area contributed by atoms with Crippen LogP contribution < -0.4 is 5.32 Å². The van der Waals surface area contributed by atoms with Crippen LogP contribution in [0.25, 0.3) is 0 Å². The maximum atomic E-state index is 12.0. The van der Waals surface area contributed by atoms with Crippen LogP contribution in [-0.2, 0) is 19.4 Å². The monoisotopic (exact) mass is 327 g/mol. The molecule has 0 heterocycles. The van der Waals surface area contributed by atoms with Gasteiger partial charge < -0.3 is 10.1 Å². The molecule has 122 valence electrons. The molecule has 0 spiro atoms. The van der Waals surface area contributed by atoms with Crippen molar-refractivity contribution in [2.45, 2.75) is 38.1 Å². The number of esters is 1. The largest absolute Gasteiger partial charge is 0.452 e. The quantitative estimate of drug-likeness (QED) is 0.768. The van der Waals surface area contributed by atoms with Gasteiger partial charge in [-0.25, -0.2) is 13.2 Å². The van der Waals surface area contributed by atoms with Crippen molar-refractivity contribution in [3.63, 3.8) is 0 Å². The summed E-state index contributed by atoms with van der Waals surface area (Å²) in [6.45, 7) is 4.81. The summed E-state index contributed by atoms with van der Waals surface area (Å²) in [7, 11) is -3.54. The third-order valence-corrected chi connectivity index (χ3v) is 4.96. The Morgan fingerprint density at radius 2 is 1.86 bits per heavy atom. The molecule has 0 aliphatic heterocycles. The lowest BCUT2D eigenvalue weighted by Crippen LogP contribution is -2.35. The van der Waals surface area contributed by atoms with Crippen molar-refractivity contribution in [2.75, 3.05) is 12.4 Å². The molecule has 0 aliphatic rings. The molecule has 1 atom stereocenters. The minimum absolute atomic E-state index is 0.0149. The molecule has 0 aromatic heterocycles. The smallest absolute Gasteiger partial charge is 0.339 e. The van der Waals surface area contributed by atoms with Gasteiger partial charge in [0.2, 0.25) is 0 Å². The first-order valence-corrected chi connectivity index (χ1v) is 8.75. The minimum Gasteiger partial charge on any atom is -0.452 e. The number of carbonyl (C=O) groups excluding carboxylic acids is 2. The molecule has 1 amide bonds. The van der Waals surface area contributed by atoms with Crippen molar-refractivity contribution < 1.29 is 22.7 Å². The first-order valence-electron chi connectivity index (χ1n) is 7.10. The molecule has 0 saturated carbocycles. The number of benzene rings is 1. The number of carbonyl (C=O) groups is 2. The number of sulfone groups is 1. The standard InChI is InChI=1S/C15H21NO5S/c1-4-11(3)16-14(17)10-21-15(18)12-8-6-7-9-13(12)22(19,20)5-2/h6-9,11H,4-5,10H2,1-3H3,(H,16,17)/t11-/m0/s1. The molecule has 0 saturated heterocycles. The average molecular weight is 327 g/mol. The van der Waals surface area contributed by atoms with Crippen LogP contribution in [0.3, 0.4) is 0 Å². The Balaban J connectivity index is 2.81. The van der Waals surface area contributed by atoms with Gasteiger partial charge in [0.15, 0.2) is 16.4 Å². The molecule has 1 aromatic rings. The van der Waals surface area contributed by atoms with Crippen LogP contribution in [0.2, 0.25) is 0 Å². The van der Waals surface area contributed by atoms with E-state index in [-0.39, 0.29) is 22.3 Å². The van der Waals surface area contributed by atoms with Gasteiger partial charge in [0, 0.05) is 6.04 Å². The van der Waals surface area contributed by atoms with Crippen LogP contribution in [0.5, 0.6) is 0 Å². The molecule has 1 N–H and O–H groups in total. The van der Waals surface area contributed by atoms with Crippen molar-refractivity contribution in [3.8, 4) is 0 Å². The summed E-state index contributed by atoms with van der Waals surface area (Å²) in [6.07, 6.45) is 0.761. The van der Waals surface area contributed by atoms with Gasteiger partial charge >= 0.3 is 5.97 Å². The highest BCUT2D eigenvalue weighted by Gasteiger charge is 2.22. The number of rotatable bonds is 7. The summed E-state index contributed by atoms with van der Waals surface area (Å²) in [5.41, 5.74) is -0.0549. The molecule has 1 aromatic carbocycles. The summed E-state index contributed by atoms with van der Waals surface area (Å²) >= 11 is 0. The van der Waals surface area contributed by atoms with Gasteiger partial charge in [-0.05, 0) is 25.5 Å². The fourth-order valence-electron chi connectivity index (χ4n) is 1.69. The number of ether oxygens (including phenoxy) is 1. The highest BCUT2D eigenvalue weighted by Crippen LogP contribution is 2.17. The molecule has 0 radical (unpaired) electrons. The third-order valence-electron chi connectivity index (χ3n) is 3.18. The van der Waals surface area contributed by atoms with E-state index in [1.807, 2.05) is 13.8 Å². The molecular formula is C15H21NO5S. The lowest BCUT2D eigenvalue weighted by Gasteiger charge is -2.12. The van der Waals surface area contributed by atoms with E-state index in [4.69, 9.17) is 4.74 Å². The highest BCUT2D eigenvalue weighted by atomic mass is 32.2. The zero-order valence-corrected chi connectivity index (χ0v) is 13.8. The lowest BCUT2D eigenvalue weighted by atomic mass is 10.2. The fourth-order valence-corrected chi connectivity index (χ4v) is 2.77. The molecule has 0 fully saturated rings. The summed E-state index contributed by atoms with van der Waals surface area (Å²) in [6, 6.07) is 5.80. The van der Waals surface area contributed by atoms with Crippen molar-refractivity contribution >= 4 is 21.7 Å². The number of hydrogen-bond donors (Lipinski definition) is 1. The number of hydrogen-bond acceptors (Lipinski definition) is 5. The van der Waals surface area contributed by atoms with E-state index in [0.717, 1.165) is 6.42 Å². The van der Waals surface area contributed by atoms with Crippen molar-refractivity contribution in [1.29, 1.82) is 0 Å². The maximum Gasteiger partial charge on any atom is 0.339 e. The lowest BCUT2D eigenvalue weighted by molar-refractivity contribution is -0.124. The topological polar surface area (TPSA) is 89.5 Å². The van der Waals surface area contributed by atoms with Gasteiger partial charge in [0.05, 0.1) is 16.2 Å². The van der Waals surface area contributed by atoms with Gasteiger partial charge in [-0.15, -0.1) is 0 Å². The second-order valence-electron chi connectivity index (χ2n) is 4.85. The first-order chi connectivity index (χ1) is 10.3. The van der Waals surface area contributed by atoms with E-state index in [0.29, 0.717) is 0 Å². The third kappa shape index (κ3) is 4.84. The molecule has 0 bridgehead atoms. The van der Waals surface area contributed by atoms with Gasteiger partial charge in [-0.3, -0.25) is 4.79 Å². The molecule has 22 heavy (non-hydrogen) atoms. The zero-order valence-electron chi connectivity index (χ0n) is 13.0. The molecule has 0 unspecified atom stereocenters. The van der Waals surface area contributed by atoms with Crippen LogP contribution in [0.1, 0.15) is 37.6 Å². The predicted molar refractivity (Wildman–Crippen MR) is 82.3 cm³/mol. The van der Waals surface area contributed by atoms with E-state index in [2.05, 4.69) is 5.32 Å². The van der Waals surface area contributed by atoms with E-state index in [1.165, 1.54) is 25.1 Å². The van der Waals surface area contributed by atoms with Crippen LogP contribution in [-0.4, -0.2) is 38.7 Å². The van der Waals surface area contributed by atoms with Crippen LogP contribution >= 0.6 is 0 Å². The molecule has 6 nitrogen and oxygen atoms in total. The Hall–Kier alpha value is -1.89. The zero-order chi connectivity index (χ0) is 16.8. The van der Waals surface area contributed by atoms with Gasteiger partial charge in [0.25, 0.3) is 5.91 Å². The molecule has 0 aliphatic carbocycles. The normalized spacial score (nSPS) is 12.5. The number of amides is 1. The van der Waals surface area contributed by atoms with E-state index >= 15 is 0 Å². The van der Waals surface area contributed by atoms with Crippen molar-refractivity contribution in [1.82, 2.24) is 5.32 Å². The van der Waals surface area contributed by atoms with Crippen LogP contribution in [0, 0.1) is 0 Å². The molecular weight excluding hydrogens is 306 g/mol. The van der Waals surface area contributed by atoms with E-state index in [9.17, 15) is 18.0 Å². The molecule has 1 rings (SSSR count).